The van der Waals surface area contributed by atoms with E-state index in [0.717, 1.165) is 5.56 Å². The van der Waals surface area contributed by atoms with Gasteiger partial charge in [-0.2, -0.15) is 0 Å². The average Bonchev–Trinajstić information content (AvgIpc) is 2.85. The third-order valence-electron chi connectivity index (χ3n) is 6.15. The highest BCUT2D eigenvalue weighted by atomic mass is 16.4. The number of hydrogen-bond donors (Lipinski definition) is 4. The number of carbonyl (C=O) groups is 4. The molecule has 0 aliphatic carbocycles. The zero-order chi connectivity index (χ0) is 27.7. The number of rotatable bonds is 12. The molecule has 0 bridgehead atoms. The maximum atomic E-state index is 13.6. The van der Waals surface area contributed by atoms with E-state index >= 15 is 0 Å². The summed E-state index contributed by atoms with van der Waals surface area (Å²) < 4.78 is 0. The first-order chi connectivity index (χ1) is 17.4. The molecule has 0 unspecified atom stereocenters. The number of aromatic carboxylic acids is 1. The van der Waals surface area contributed by atoms with Crippen LogP contribution in [-0.4, -0.2) is 58.9 Å². The van der Waals surface area contributed by atoms with Crippen molar-refractivity contribution in [1.82, 2.24) is 10.2 Å². The van der Waals surface area contributed by atoms with Crippen molar-refractivity contribution in [1.29, 1.82) is 0 Å². The molecule has 3 atom stereocenters. The maximum Gasteiger partial charge on any atom is 0.337 e. The Balaban J connectivity index is 2.33. The molecule has 0 aliphatic rings. The van der Waals surface area contributed by atoms with E-state index in [1.165, 1.54) is 17.0 Å². The summed E-state index contributed by atoms with van der Waals surface area (Å²) in [6.07, 6.45) is 0.547. The summed E-state index contributed by atoms with van der Waals surface area (Å²) in [5.41, 5.74) is 7.03. The smallest absolute Gasteiger partial charge is 0.337 e. The number of nitrogens with zero attached hydrogens (tertiary/aromatic N) is 1. The van der Waals surface area contributed by atoms with Gasteiger partial charge in [0.05, 0.1) is 17.3 Å². The van der Waals surface area contributed by atoms with Gasteiger partial charge in [0.15, 0.2) is 0 Å². The van der Waals surface area contributed by atoms with Crippen molar-refractivity contribution in [3.8, 4) is 0 Å². The normalized spacial score (nSPS) is 13.5. The Morgan fingerprint density at radius 2 is 1.51 bits per heavy atom. The van der Waals surface area contributed by atoms with Crippen LogP contribution in [0.4, 0.5) is 5.69 Å². The molecule has 5 N–H and O–H groups in total. The van der Waals surface area contributed by atoms with Crippen molar-refractivity contribution >= 4 is 29.4 Å². The predicted molar refractivity (Wildman–Crippen MR) is 143 cm³/mol. The summed E-state index contributed by atoms with van der Waals surface area (Å²) in [4.78, 5) is 52.8. The summed E-state index contributed by atoms with van der Waals surface area (Å²) in [7, 11) is 1.54. The van der Waals surface area contributed by atoms with Crippen LogP contribution in [0.3, 0.4) is 0 Å². The van der Waals surface area contributed by atoms with Crippen molar-refractivity contribution < 1.29 is 24.3 Å². The topological polar surface area (TPSA) is 142 Å². The number of benzene rings is 2. The summed E-state index contributed by atoms with van der Waals surface area (Å²) in [5, 5.41) is 14.9. The van der Waals surface area contributed by atoms with E-state index in [4.69, 9.17) is 5.73 Å². The number of carboxylic acid groups (broad SMARTS) is 1. The van der Waals surface area contributed by atoms with Gasteiger partial charge in [0.1, 0.15) is 12.1 Å². The Hall–Kier alpha value is -3.72. The average molecular weight is 511 g/mol. The van der Waals surface area contributed by atoms with E-state index in [2.05, 4.69) is 10.6 Å². The standard InChI is InChI=1S/C28H38N4O5/c1-17(2)15-22(25(33)30-21-14-10-9-13-20(21)28(36)37)31-26(34)23(16-19-11-7-6-8-12-19)32(5)27(35)24(29)18(3)4/h6-14,17-18,22-24H,15-16,29H2,1-5H3,(H,30,33)(H,31,34)(H,36,37)/t22-,23+,24-/m0/s1. The minimum atomic E-state index is -1.18. The number of para-hydroxylation sites is 1. The lowest BCUT2D eigenvalue weighted by molar-refractivity contribution is -0.141. The molecule has 0 radical (unpaired) electrons. The summed E-state index contributed by atoms with van der Waals surface area (Å²) >= 11 is 0. The molecule has 0 heterocycles. The molecule has 0 aromatic heterocycles. The fourth-order valence-electron chi connectivity index (χ4n) is 3.89. The van der Waals surface area contributed by atoms with Crippen LogP contribution in [0.1, 0.15) is 50.0 Å². The van der Waals surface area contributed by atoms with E-state index in [0.29, 0.717) is 6.42 Å². The molecule has 0 saturated carbocycles. The third kappa shape index (κ3) is 8.42. The third-order valence-corrected chi connectivity index (χ3v) is 6.15. The number of nitrogens with one attached hydrogen (secondary N) is 2. The monoisotopic (exact) mass is 510 g/mol. The Bertz CT molecular complexity index is 1090. The molecule has 0 saturated heterocycles. The number of carboxylic acids is 1. The molecule has 0 aliphatic heterocycles. The van der Waals surface area contributed by atoms with Gasteiger partial charge >= 0.3 is 5.97 Å². The quantitative estimate of drug-likeness (QED) is 0.346. The number of amides is 3. The number of nitrogens with two attached hydrogens (primary N) is 1. The zero-order valence-corrected chi connectivity index (χ0v) is 22.1. The first-order valence-electron chi connectivity index (χ1n) is 12.4. The molecule has 9 nitrogen and oxygen atoms in total. The Morgan fingerprint density at radius 1 is 0.919 bits per heavy atom. The molecular weight excluding hydrogens is 472 g/mol. The fraction of sp³-hybridized carbons (Fsp3) is 0.429. The largest absolute Gasteiger partial charge is 0.478 e. The zero-order valence-electron chi connectivity index (χ0n) is 22.1. The van der Waals surface area contributed by atoms with Crippen LogP contribution in [0.15, 0.2) is 54.6 Å². The van der Waals surface area contributed by atoms with E-state index in [9.17, 15) is 24.3 Å². The van der Waals surface area contributed by atoms with Crippen LogP contribution in [0.25, 0.3) is 0 Å². The SMILES string of the molecule is CC(C)C[C@H](NC(=O)[C@@H](Cc1ccccc1)N(C)C(=O)[C@@H](N)C(C)C)C(=O)Nc1ccccc1C(=O)O. The lowest BCUT2D eigenvalue weighted by atomic mass is 9.98. The number of hydrogen-bond acceptors (Lipinski definition) is 5. The minimum Gasteiger partial charge on any atom is -0.478 e. The van der Waals surface area contributed by atoms with Gasteiger partial charge in [0.2, 0.25) is 17.7 Å². The summed E-state index contributed by atoms with van der Waals surface area (Å²) in [6.45, 7) is 7.49. The van der Waals surface area contributed by atoms with Crippen LogP contribution < -0.4 is 16.4 Å². The Kier molecular flexibility index (Phi) is 10.8. The molecular formula is C28H38N4O5. The molecule has 200 valence electrons. The van der Waals surface area contributed by atoms with Crippen molar-refractivity contribution in [3.63, 3.8) is 0 Å². The van der Waals surface area contributed by atoms with Crippen molar-refractivity contribution in [3.05, 3.63) is 65.7 Å². The van der Waals surface area contributed by atoms with Gasteiger partial charge in [-0.25, -0.2) is 4.79 Å². The van der Waals surface area contributed by atoms with Crippen LogP contribution in [0, 0.1) is 11.8 Å². The first kappa shape index (κ1) is 29.5. The Morgan fingerprint density at radius 3 is 2.08 bits per heavy atom. The molecule has 2 aromatic carbocycles. The van der Waals surface area contributed by atoms with Crippen molar-refractivity contribution in [2.24, 2.45) is 17.6 Å². The van der Waals surface area contributed by atoms with Gasteiger partial charge in [-0.15, -0.1) is 0 Å². The number of carbonyl (C=O) groups excluding carboxylic acids is 3. The highest BCUT2D eigenvalue weighted by molar-refractivity contribution is 6.03. The van der Waals surface area contributed by atoms with Crippen LogP contribution >= 0.6 is 0 Å². The van der Waals surface area contributed by atoms with Gasteiger partial charge in [-0.1, -0.05) is 70.2 Å². The summed E-state index contributed by atoms with van der Waals surface area (Å²) in [5.74, 6) is -2.66. The van der Waals surface area contributed by atoms with Crippen molar-refractivity contribution in [2.45, 2.75) is 58.7 Å². The Labute approximate surface area is 218 Å². The van der Waals surface area contributed by atoms with E-state index in [1.807, 2.05) is 58.0 Å². The van der Waals surface area contributed by atoms with E-state index in [1.54, 1.807) is 19.2 Å². The van der Waals surface area contributed by atoms with Crippen LogP contribution in [0.5, 0.6) is 0 Å². The van der Waals surface area contributed by atoms with Crippen molar-refractivity contribution in [2.75, 3.05) is 12.4 Å². The number of anilines is 1. The lowest BCUT2D eigenvalue weighted by Crippen LogP contribution is -2.57. The second-order valence-electron chi connectivity index (χ2n) is 9.96. The number of likely N-dealkylation sites (N-methyl/N-ethyl adjacent to an activating group) is 1. The van der Waals surface area contributed by atoms with Gasteiger partial charge in [-0.05, 0) is 36.0 Å². The van der Waals surface area contributed by atoms with E-state index < -0.39 is 35.9 Å². The highest BCUT2D eigenvalue weighted by Crippen LogP contribution is 2.17. The van der Waals surface area contributed by atoms with Gasteiger partial charge in [0.25, 0.3) is 0 Å². The predicted octanol–water partition coefficient (Wildman–Crippen LogP) is 2.91. The first-order valence-corrected chi connectivity index (χ1v) is 12.4. The molecule has 37 heavy (non-hydrogen) atoms. The minimum absolute atomic E-state index is 0.0482. The molecule has 0 fully saturated rings. The van der Waals surface area contributed by atoms with Crippen LogP contribution in [-0.2, 0) is 20.8 Å². The second kappa shape index (κ2) is 13.5. The van der Waals surface area contributed by atoms with Gasteiger partial charge in [0, 0.05) is 13.5 Å². The lowest BCUT2D eigenvalue weighted by Gasteiger charge is -2.32. The van der Waals surface area contributed by atoms with Crippen LogP contribution in [0.2, 0.25) is 0 Å². The molecule has 9 heteroatoms. The fourth-order valence-corrected chi connectivity index (χ4v) is 3.89. The molecule has 3 amide bonds. The highest BCUT2D eigenvalue weighted by Gasteiger charge is 2.33. The molecule has 2 rings (SSSR count). The summed E-state index contributed by atoms with van der Waals surface area (Å²) in [6, 6.07) is 12.7. The second-order valence-corrected chi connectivity index (χ2v) is 9.96. The maximum absolute atomic E-state index is 13.6. The van der Waals surface area contributed by atoms with Gasteiger partial charge in [-0.3, -0.25) is 14.4 Å². The molecule has 0 spiro atoms. The molecule has 2 aromatic rings. The van der Waals surface area contributed by atoms with E-state index in [-0.39, 0.29) is 35.4 Å². The van der Waals surface area contributed by atoms with Gasteiger partial charge < -0.3 is 26.4 Å².